The van der Waals surface area contributed by atoms with E-state index in [4.69, 9.17) is 16.2 Å². The van der Waals surface area contributed by atoms with Gasteiger partial charge in [-0.3, -0.25) is 4.55 Å². The molecule has 1 aliphatic heterocycles. The molecule has 0 aliphatic carbocycles. The first kappa shape index (κ1) is 17.6. The van der Waals surface area contributed by atoms with Crippen LogP contribution in [-0.2, 0) is 10.1 Å². The van der Waals surface area contributed by atoms with Gasteiger partial charge < -0.3 is 4.90 Å². The molecule has 2 rings (SSSR count). The lowest BCUT2D eigenvalue weighted by molar-refractivity contribution is 0.421. The zero-order valence-corrected chi connectivity index (χ0v) is 14.3. The maximum atomic E-state index is 10.7. The summed E-state index contributed by atoms with van der Waals surface area (Å²) in [6, 6.07) is 7.98. The molecule has 1 heterocycles. The monoisotopic (exact) mass is 345 g/mol. The molecule has 0 amide bonds. The van der Waals surface area contributed by atoms with E-state index in [1.54, 1.807) is 0 Å². The number of hydrogen-bond donors (Lipinski definition) is 1. The first-order chi connectivity index (χ1) is 10.4. The zero-order valence-electron chi connectivity index (χ0n) is 12.7. The van der Waals surface area contributed by atoms with Gasteiger partial charge in [0.25, 0.3) is 10.1 Å². The molecule has 1 aromatic rings. The summed E-state index contributed by atoms with van der Waals surface area (Å²) in [6.45, 7) is 2.09. The fourth-order valence-electron chi connectivity index (χ4n) is 3.08. The van der Waals surface area contributed by atoms with Crippen LogP contribution in [0.2, 0.25) is 5.02 Å². The molecule has 1 saturated heterocycles. The van der Waals surface area contributed by atoms with Crippen molar-refractivity contribution in [3.63, 3.8) is 0 Å². The van der Waals surface area contributed by atoms with Crippen LogP contribution in [0, 0.1) is 5.92 Å². The predicted molar refractivity (Wildman–Crippen MR) is 91.3 cm³/mol. The lowest BCUT2D eigenvalue weighted by Gasteiger charge is -2.23. The van der Waals surface area contributed by atoms with Gasteiger partial charge in [-0.1, -0.05) is 24.4 Å². The number of benzene rings is 1. The number of halogens is 1. The Morgan fingerprint density at radius 2 is 1.86 bits per heavy atom. The summed E-state index contributed by atoms with van der Waals surface area (Å²) in [6.07, 6.45) is 5.95. The largest absolute Gasteiger partial charge is 0.372 e. The van der Waals surface area contributed by atoms with E-state index < -0.39 is 10.1 Å². The molecule has 124 valence electrons. The van der Waals surface area contributed by atoms with Crippen LogP contribution >= 0.6 is 11.6 Å². The van der Waals surface area contributed by atoms with Crippen molar-refractivity contribution in [1.82, 2.24) is 0 Å². The molecule has 0 spiro atoms. The normalized spacial score (nSPS) is 19.9. The summed E-state index contributed by atoms with van der Waals surface area (Å²) in [7, 11) is -3.80. The van der Waals surface area contributed by atoms with E-state index in [1.165, 1.54) is 12.1 Å². The molecular weight excluding hydrogens is 322 g/mol. The Morgan fingerprint density at radius 3 is 2.55 bits per heavy atom. The average Bonchev–Trinajstić information content (AvgIpc) is 2.69. The Morgan fingerprint density at radius 1 is 1.14 bits per heavy atom. The van der Waals surface area contributed by atoms with Crippen LogP contribution < -0.4 is 4.90 Å². The van der Waals surface area contributed by atoms with Crippen LogP contribution in [0.4, 0.5) is 5.69 Å². The van der Waals surface area contributed by atoms with Gasteiger partial charge in [0.1, 0.15) is 0 Å². The third kappa shape index (κ3) is 6.15. The summed E-state index contributed by atoms with van der Waals surface area (Å²) in [4.78, 5) is 2.40. The van der Waals surface area contributed by atoms with Gasteiger partial charge in [-0.25, -0.2) is 0 Å². The topological polar surface area (TPSA) is 57.6 Å². The number of rotatable bonds is 6. The molecule has 1 aromatic carbocycles. The fourth-order valence-corrected chi connectivity index (χ4v) is 3.78. The lowest BCUT2D eigenvalue weighted by Crippen LogP contribution is -2.24. The molecule has 0 saturated carbocycles. The Balaban J connectivity index is 1.76. The number of unbranched alkanes of at least 4 members (excludes halogenated alkanes) is 1. The molecule has 22 heavy (non-hydrogen) atoms. The summed E-state index contributed by atoms with van der Waals surface area (Å²) < 4.78 is 30.1. The van der Waals surface area contributed by atoms with Crippen LogP contribution in [0.25, 0.3) is 0 Å². The average molecular weight is 346 g/mol. The molecule has 0 radical (unpaired) electrons. The van der Waals surface area contributed by atoms with Crippen molar-refractivity contribution in [2.75, 3.05) is 23.7 Å². The maximum absolute atomic E-state index is 10.7. The predicted octanol–water partition coefficient (Wildman–Crippen LogP) is 4.00. The van der Waals surface area contributed by atoms with E-state index in [0.29, 0.717) is 12.3 Å². The molecule has 4 nitrogen and oxygen atoms in total. The highest BCUT2D eigenvalue weighted by atomic mass is 35.5. The van der Waals surface area contributed by atoms with Gasteiger partial charge in [0.15, 0.2) is 0 Å². The smallest absolute Gasteiger partial charge is 0.264 e. The van der Waals surface area contributed by atoms with E-state index in [-0.39, 0.29) is 5.75 Å². The van der Waals surface area contributed by atoms with Gasteiger partial charge in [0.2, 0.25) is 0 Å². The van der Waals surface area contributed by atoms with Crippen molar-refractivity contribution < 1.29 is 13.0 Å². The maximum Gasteiger partial charge on any atom is 0.264 e. The van der Waals surface area contributed by atoms with Crippen molar-refractivity contribution in [3.05, 3.63) is 29.3 Å². The molecule has 1 atom stereocenters. The number of hydrogen-bond acceptors (Lipinski definition) is 3. The van der Waals surface area contributed by atoms with E-state index >= 15 is 0 Å². The molecule has 1 N–H and O–H groups in total. The summed E-state index contributed by atoms with van der Waals surface area (Å²) >= 11 is 5.93. The quantitative estimate of drug-likeness (QED) is 0.625. The second kappa shape index (κ2) is 8.18. The summed E-state index contributed by atoms with van der Waals surface area (Å²) in [5, 5.41) is 0.760. The highest BCUT2D eigenvalue weighted by molar-refractivity contribution is 7.85. The van der Waals surface area contributed by atoms with E-state index in [1.807, 2.05) is 12.1 Å². The molecule has 1 fully saturated rings. The van der Waals surface area contributed by atoms with Gasteiger partial charge in [0, 0.05) is 23.8 Å². The second-order valence-electron chi connectivity index (χ2n) is 6.04. The molecular formula is C16H24ClNO3S. The molecule has 1 aliphatic rings. The zero-order chi connectivity index (χ0) is 16.0. The first-order valence-corrected chi connectivity index (χ1v) is 9.88. The number of anilines is 1. The molecule has 0 bridgehead atoms. The SMILES string of the molecule is O=S(=O)(O)CCCCC1CCCN(c2ccc(Cl)cc2)CC1. The van der Waals surface area contributed by atoms with Crippen molar-refractivity contribution in [2.24, 2.45) is 5.92 Å². The van der Waals surface area contributed by atoms with E-state index in [2.05, 4.69) is 17.0 Å². The van der Waals surface area contributed by atoms with Gasteiger partial charge >= 0.3 is 0 Å². The Kier molecular flexibility index (Phi) is 6.53. The lowest BCUT2D eigenvalue weighted by atomic mass is 9.95. The van der Waals surface area contributed by atoms with Crippen molar-refractivity contribution >= 4 is 27.4 Å². The molecule has 6 heteroatoms. The van der Waals surface area contributed by atoms with Crippen LogP contribution in [0.5, 0.6) is 0 Å². The minimum absolute atomic E-state index is 0.114. The van der Waals surface area contributed by atoms with Crippen molar-refractivity contribution in [3.8, 4) is 0 Å². The van der Waals surface area contributed by atoms with Crippen LogP contribution in [0.1, 0.15) is 38.5 Å². The number of nitrogens with zero attached hydrogens (tertiary/aromatic N) is 1. The fraction of sp³-hybridized carbons (Fsp3) is 0.625. The summed E-state index contributed by atoms with van der Waals surface area (Å²) in [5.41, 5.74) is 1.22. The summed E-state index contributed by atoms with van der Waals surface area (Å²) in [5.74, 6) is 0.537. The van der Waals surface area contributed by atoms with Crippen LogP contribution in [-0.4, -0.2) is 31.8 Å². The van der Waals surface area contributed by atoms with Crippen LogP contribution in [0.3, 0.4) is 0 Å². The Labute approximate surface area is 138 Å². The highest BCUT2D eigenvalue weighted by Gasteiger charge is 2.17. The highest BCUT2D eigenvalue weighted by Crippen LogP contribution is 2.26. The van der Waals surface area contributed by atoms with Gasteiger partial charge in [0.05, 0.1) is 5.75 Å². The first-order valence-electron chi connectivity index (χ1n) is 7.90. The Bertz CT molecular complexity index is 559. The van der Waals surface area contributed by atoms with Gasteiger partial charge in [-0.2, -0.15) is 8.42 Å². The van der Waals surface area contributed by atoms with Gasteiger partial charge in [-0.05, 0) is 55.9 Å². The third-order valence-electron chi connectivity index (χ3n) is 4.30. The van der Waals surface area contributed by atoms with Crippen LogP contribution in [0.15, 0.2) is 24.3 Å². The minimum Gasteiger partial charge on any atom is -0.372 e. The third-order valence-corrected chi connectivity index (χ3v) is 5.36. The minimum atomic E-state index is -3.80. The second-order valence-corrected chi connectivity index (χ2v) is 8.05. The molecule has 1 unspecified atom stereocenters. The molecule has 0 aromatic heterocycles. The van der Waals surface area contributed by atoms with Crippen molar-refractivity contribution in [1.29, 1.82) is 0 Å². The standard InChI is InChI=1S/C16H24ClNO3S/c17-15-6-8-16(9-7-15)18-11-3-5-14(10-12-18)4-1-2-13-22(19,20)21/h6-9,14H,1-5,10-13H2,(H,19,20,21). The van der Waals surface area contributed by atoms with Gasteiger partial charge in [-0.15, -0.1) is 0 Å². The Hall–Kier alpha value is -0.780. The van der Waals surface area contributed by atoms with E-state index in [9.17, 15) is 8.42 Å². The van der Waals surface area contributed by atoms with Crippen molar-refractivity contribution in [2.45, 2.75) is 38.5 Å². The van der Waals surface area contributed by atoms with E-state index in [0.717, 1.165) is 43.8 Å².